The van der Waals surface area contributed by atoms with Crippen LogP contribution in [-0.4, -0.2) is 41.9 Å². The number of carbonyl (C=O) groups excluding carboxylic acids is 1. The lowest BCUT2D eigenvalue weighted by atomic mass is 10.2. The number of nitrogens with zero attached hydrogens (tertiary/aromatic N) is 1. The predicted molar refractivity (Wildman–Crippen MR) is 59.6 cm³/mol. The molecule has 0 spiro atoms. The van der Waals surface area contributed by atoms with Crippen LogP contribution in [0.3, 0.4) is 0 Å². The number of ether oxygens (including phenoxy) is 1. The topological polar surface area (TPSA) is 29.5 Å². The van der Waals surface area contributed by atoms with E-state index in [-0.39, 0.29) is 11.9 Å². The van der Waals surface area contributed by atoms with Gasteiger partial charge in [0.1, 0.15) is 0 Å². The van der Waals surface area contributed by atoms with E-state index in [9.17, 15) is 4.79 Å². The standard InChI is InChI=1S/C10H18BrNO2/c1-9-8-14-7-6-12(9)10(13)4-2-3-5-11/h9H,2-8H2,1H3/t9-/m1/s1. The van der Waals surface area contributed by atoms with E-state index in [1.54, 1.807) is 0 Å². The quantitative estimate of drug-likeness (QED) is 0.572. The predicted octanol–water partition coefficient (Wildman–Crippen LogP) is 1.80. The van der Waals surface area contributed by atoms with Crippen LogP contribution >= 0.6 is 15.9 Å². The molecule has 0 N–H and O–H groups in total. The molecule has 0 aromatic rings. The molecule has 0 aromatic heterocycles. The van der Waals surface area contributed by atoms with Crippen LogP contribution in [0.5, 0.6) is 0 Å². The molecule has 14 heavy (non-hydrogen) atoms. The fourth-order valence-electron chi connectivity index (χ4n) is 1.61. The van der Waals surface area contributed by atoms with Crippen molar-refractivity contribution in [2.24, 2.45) is 0 Å². The maximum atomic E-state index is 11.7. The monoisotopic (exact) mass is 263 g/mol. The Hall–Kier alpha value is -0.0900. The van der Waals surface area contributed by atoms with Crippen molar-refractivity contribution in [2.75, 3.05) is 25.1 Å². The van der Waals surface area contributed by atoms with Gasteiger partial charge in [-0.1, -0.05) is 15.9 Å². The molecular formula is C10H18BrNO2. The summed E-state index contributed by atoms with van der Waals surface area (Å²) >= 11 is 3.36. The van der Waals surface area contributed by atoms with E-state index < -0.39 is 0 Å². The third-order valence-electron chi connectivity index (χ3n) is 2.46. The third kappa shape index (κ3) is 3.58. The molecule has 4 heteroatoms. The van der Waals surface area contributed by atoms with Crippen LogP contribution in [0.15, 0.2) is 0 Å². The van der Waals surface area contributed by atoms with E-state index in [2.05, 4.69) is 15.9 Å². The maximum Gasteiger partial charge on any atom is 0.222 e. The van der Waals surface area contributed by atoms with Gasteiger partial charge < -0.3 is 9.64 Å². The fourth-order valence-corrected chi connectivity index (χ4v) is 2.01. The van der Waals surface area contributed by atoms with Crippen molar-refractivity contribution in [1.82, 2.24) is 4.90 Å². The Kier molecular flexibility index (Phi) is 5.48. The highest BCUT2D eigenvalue weighted by atomic mass is 79.9. The Morgan fingerprint density at radius 3 is 3.00 bits per heavy atom. The molecule has 82 valence electrons. The summed E-state index contributed by atoms with van der Waals surface area (Å²) in [5.41, 5.74) is 0. The highest BCUT2D eigenvalue weighted by Crippen LogP contribution is 2.10. The van der Waals surface area contributed by atoms with Crippen molar-refractivity contribution in [3.63, 3.8) is 0 Å². The van der Waals surface area contributed by atoms with Crippen LogP contribution in [0.1, 0.15) is 26.2 Å². The highest BCUT2D eigenvalue weighted by molar-refractivity contribution is 9.09. The van der Waals surface area contributed by atoms with Crippen LogP contribution in [0.25, 0.3) is 0 Å². The van der Waals surface area contributed by atoms with Gasteiger partial charge in [0, 0.05) is 18.3 Å². The first-order chi connectivity index (χ1) is 6.75. The highest BCUT2D eigenvalue weighted by Gasteiger charge is 2.22. The normalized spacial score (nSPS) is 22.4. The van der Waals surface area contributed by atoms with Gasteiger partial charge in [-0.2, -0.15) is 0 Å². The summed E-state index contributed by atoms with van der Waals surface area (Å²) < 4.78 is 5.29. The molecule has 3 nitrogen and oxygen atoms in total. The molecule has 0 aromatic carbocycles. The summed E-state index contributed by atoms with van der Waals surface area (Å²) in [6.45, 7) is 4.18. The van der Waals surface area contributed by atoms with Gasteiger partial charge in [-0.05, 0) is 19.8 Å². The summed E-state index contributed by atoms with van der Waals surface area (Å²) in [6, 6.07) is 0.250. The Balaban J connectivity index is 2.27. The number of hydrogen-bond donors (Lipinski definition) is 0. The van der Waals surface area contributed by atoms with Gasteiger partial charge in [-0.3, -0.25) is 4.79 Å². The van der Waals surface area contributed by atoms with Crippen LogP contribution in [0.4, 0.5) is 0 Å². The van der Waals surface area contributed by atoms with Crippen molar-refractivity contribution in [3.8, 4) is 0 Å². The molecule has 0 radical (unpaired) electrons. The summed E-state index contributed by atoms with van der Waals surface area (Å²) in [5, 5.41) is 0.985. The number of morpholine rings is 1. The molecular weight excluding hydrogens is 246 g/mol. The Bertz CT molecular complexity index is 187. The zero-order valence-electron chi connectivity index (χ0n) is 8.67. The van der Waals surface area contributed by atoms with E-state index in [1.165, 1.54) is 0 Å². The van der Waals surface area contributed by atoms with Crippen LogP contribution in [0.2, 0.25) is 0 Å². The molecule has 1 rings (SSSR count). The minimum atomic E-state index is 0.250. The number of alkyl halides is 1. The minimum Gasteiger partial charge on any atom is -0.377 e. The van der Waals surface area contributed by atoms with E-state index in [0.717, 1.165) is 24.7 Å². The lowest BCUT2D eigenvalue weighted by Crippen LogP contribution is -2.47. The molecule has 1 heterocycles. The third-order valence-corrected chi connectivity index (χ3v) is 3.02. The number of halogens is 1. The van der Waals surface area contributed by atoms with E-state index >= 15 is 0 Å². The van der Waals surface area contributed by atoms with E-state index in [1.807, 2.05) is 11.8 Å². The molecule has 1 atom stereocenters. The number of unbranched alkanes of at least 4 members (excludes halogenated alkanes) is 1. The molecule has 0 unspecified atom stereocenters. The second kappa shape index (κ2) is 6.40. The maximum absolute atomic E-state index is 11.7. The first-order valence-electron chi connectivity index (χ1n) is 5.19. The summed E-state index contributed by atoms with van der Waals surface area (Å²) in [4.78, 5) is 13.7. The average molecular weight is 264 g/mol. The summed E-state index contributed by atoms with van der Waals surface area (Å²) in [5.74, 6) is 0.279. The number of hydrogen-bond acceptors (Lipinski definition) is 2. The van der Waals surface area contributed by atoms with E-state index in [0.29, 0.717) is 19.6 Å². The van der Waals surface area contributed by atoms with Gasteiger partial charge in [-0.15, -0.1) is 0 Å². The molecule has 1 aliphatic heterocycles. The first-order valence-corrected chi connectivity index (χ1v) is 6.31. The molecule has 0 bridgehead atoms. The van der Waals surface area contributed by atoms with Crippen molar-refractivity contribution < 1.29 is 9.53 Å². The van der Waals surface area contributed by atoms with Crippen LogP contribution < -0.4 is 0 Å². The second-order valence-electron chi connectivity index (χ2n) is 3.66. The molecule has 1 fully saturated rings. The summed E-state index contributed by atoms with van der Waals surface area (Å²) in [7, 11) is 0. The largest absolute Gasteiger partial charge is 0.377 e. The average Bonchev–Trinajstić information content (AvgIpc) is 2.18. The van der Waals surface area contributed by atoms with Crippen molar-refractivity contribution >= 4 is 21.8 Å². The fraction of sp³-hybridized carbons (Fsp3) is 0.900. The molecule has 0 saturated carbocycles. The van der Waals surface area contributed by atoms with Crippen LogP contribution in [0, 0.1) is 0 Å². The molecule has 1 aliphatic rings. The molecule has 1 amide bonds. The molecule has 0 aliphatic carbocycles. The lowest BCUT2D eigenvalue weighted by molar-refractivity contribution is -0.139. The molecule has 1 saturated heterocycles. The van der Waals surface area contributed by atoms with Crippen molar-refractivity contribution in [2.45, 2.75) is 32.2 Å². The number of rotatable bonds is 4. The Morgan fingerprint density at radius 2 is 2.36 bits per heavy atom. The van der Waals surface area contributed by atoms with Crippen LogP contribution in [-0.2, 0) is 9.53 Å². The van der Waals surface area contributed by atoms with Gasteiger partial charge in [0.25, 0.3) is 0 Å². The first kappa shape index (κ1) is 12.0. The van der Waals surface area contributed by atoms with Gasteiger partial charge in [-0.25, -0.2) is 0 Å². The Morgan fingerprint density at radius 1 is 1.57 bits per heavy atom. The number of amides is 1. The smallest absolute Gasteiger partial charge is 0.222 e. The van der Waals surface area contributed by atoms with Gasteiger partial charge in [0.15, 0.2) is 0 Å². The van der Waals surface area contributed by atoms with Gasteiger partial charge >= 0.3 is 0 Å². The summed E-state index contributed by atoms with van der Waals surface area (Å²) in [6.07, 6.45) is 2.73. The Labute approximate surface area is 93.9 Å². The zero-order chi connectivity index (χ0) is 10.4. The SMILES string of the molecule is C[C@@H]1COCCN1C(=O)CCCCBr. The van der Waals surface area contributed by atoms with E-state index in [4.69, 9.17) is 4.74 Å². The lowest BCUT2D eigenvalue weighted by Gasteiger charge is -2.33. The van der Waals surface area contributed by atoms with Gasteiger partial charge in [0.05, 0.1) is 19.3 Å². The number of carbonyl (C=O) groups is 1. The van der Waals surface area contributed by atoms with Gasteiger partial charge in [0.2, 0.25) is 5.91 Å². The van der Waals surface area contributed by atoms with Crippen molar-refractivity contribution in [3.05, 3.63) is 0 Å². The van der Waals surface area contributed by atoms with Crippen molar-refractivity contribution in [1.29, 1.82) is 0 Å². The zero-order valence-corrected chi connectivity index (χ0v) is 10.3. The second-order valence-corrected chi connectivity index (χ2v) is 4.45. The minimum absolute atomic E-state index is 0.250.